The Morgan fingerprint density at radius 2 is 0.857 bits per heavy atom. The Hall–Kier alpha value is -1.67. The number of benzene rings is 2. The molecule has 0 heterocycles. The summed E-state index contributed by atoms with van der Waals surface area (Å²) in [5.41, 5.74) is 0. The highest BCUT2D eigenvalue weighted by Gasteiger charge is 2.32. The maximum absolute atomic E-state index is 12.7. The summed E-state index contributed by atoms with van der Waals surface area (Å²) < 4.78 is 83.8. The lowest BCUT2D eigenvalue weighted by Crippen LogP contribution is -2.09. The fourth-order valence-corrected chi connectivity index (χ4v) is 2.20. The molecule has 2 nitrogen and oxygen atoms in total. The van der Waals surface area contributed by atoms with E-state index in [2.05, 4.69) is 10.7 Å². The van der Waals surface area contributed by atoms with E-state index in [9.17, 15) is 30.4 Å². The Labute approximate surface area is 121 Å². The zero-order valence-corrected chi connectivity index (χ0v) is 11.5. The van der Waals surface area contributed by atoms with Gasteiger partial charge in [-0.25, -0.2) is 30.4 Å². The molecule has 0 fully saturated rings. The van der Waals surface area contributed by atoms with Crippen molar-refractivity contribution in [2.24, 2.45) is 0 Å². The van der Waals surface area contributed by atoms with Gasteiger partial charge in [0.05, 0.1) is 0 Å². The summed E-state index contributed by atoms with van der Waals surface area (Å²) in [5.74, 6) is -12.2. The third kappa shape index (κ3) is 4.15. The summed E-state index contributed by atoms with van der Waals surface area (Å²) in [4.78, 5) is -2.06. The van der Waals surface area contributed by atoms with Crippen molar-refractivity contribution in [1.29, 1.82) is 0 Å². The minimum Gasteiger partial charge on any atom is -0.207 e. The quantitative estimate of drug-likeness (QED) is 0.339. The molecule has 2 aromatic carbocycles. The highest BCUT2D eigenvalue weighted by molar-refractivity contribution is 8.13. The first-order valence-electron chi connectivity index (χ1n) is 5.14. The predicted molar refractivity (Wildman–Crippen MR) is 65.7 cm³/mol. The van der Waals surface area contributed by atoms with Crippen molar-refractivity contribution < 1.29 is 30.4 Å². The first kappa shape index (κ1) is 17.4. The molecular weight excluding hydrogens is 339 g/mol. The van der Waals surface area contributed by atoms with Gasteiger partial charge in [-0.15, -0.1) is 0 Å². The van der Waals surface area contributed by atoms with Crippen molar-refractivity contribution in [3.05, 3.63) is 65.5 Å². The highest BCUT2D eigenvalue weighted by Crippen LogP contribution is 2.28. The molecule has 0 spiro atoms. The molecule has 2 rings (SSSR count). The van der Waals surface area contributed by atoms with E-state index in [1.165, 1.54) is 0 Å². The third-order valence-electron chi connectivity index (χ3n) is 2.08. The molecule has 2 aromatic rings. The molecule has 0 radical (unpaired) electrons. The minimum absolute atomic E-state index is 2.00. The molecule has 0 atom stereocenters. The van der Waals surface area contributed by atoms with Crippen LogP contribution in [0.15, 0.2) is 41.3 Å². The van der Waals surface area contributed by atoms with Gasteiger partial charge in [0.15, 0.2) is 28.2 Å². The average molecular weight is 345 g/mol. The molecule has 9 heteroatoms. The van der Waals surface area contributed by atoms with Gasteiger partial charge >= 0.3 is 0 Å². The SMILES string of the molecule is O=S(=O)(Cl)c1c(F)c(F)c(F)c(F)c1F.c1ccccc1. The van der Waals surface area contributed by atoms with E-state index in [4.69, 9.17) is 0 Å². The van der Waals surface area contributed by atoms with Crippen molar-refractivity contribution in [2.45, 2.75) is 4.90 Å². The summed E-state index contributed by atoms with van der Waals surface area (Å²) in [6, 6.07) is 12.0. The monoisotopic (exact) mass is 344 g/mol. The first-order chi connectivity index (χ1) is 9.68. The number of hydrogen-bond donors (Lipinski definition) is 0. The Bertz CT molecular complexity index is 679. The van der Waals surface area contributed by atoms with Crippen molar-refractivity contribution in [3.8, 4) is 0 Å². The Morgan fingerprint density at radius 1 is 0.619 bits per heavy atom. The molecule has 21 heavy (non-hydrogen) atoms. The van der Waals surface area contributed by atoms with Gasteiger partial charge in [-0.3, -0.25) is 0 Å². The average Bonchev–Trinajstić information content (AvgIpc) is 2.44. The lowest BCUT2D eigenvalue weighted by Gasteiger charge is -2.04. The fraction of sp³-hybridized carbons (Fsp3) is 0. The van der Waals surface area contributed by atoms with Crippen molar-refractivity contribution in [3.63, 3.8) is 0 Å². The van der Waals surface area contributed by atoms with Gasteiger partial charge in [0, 0.05) is 10.7 Å². The van der Waals surface area contributed by atoms with Crippen LogP contribution in [0.5, 0.6) is 0 Å². The van der Waals surface area contributed by atoms with Gasteiger partial charge in [0.25, 0.3) is 9.05 Å². The van der Waals surface area contributed by atoms with Crippen LogP contribution < -0.4 is 0 Å². The lowest BCUT2D eigenvalue weighted by atomic mass is 10.3. The zero-order chi connectivity index (χ0) is 16.2. The maximum Gasteiger partial charge on any atom is 0.267 e. The molecule has 0 amide bonds. The molecule has 0 N–H and O–H groups in total. The predicted octanol–water partition coefficient (Wildman–Crippen LogP) is 4.00. The molecule has 0 aromatic heterocycles. The van der Waals surface area contributed by atoms with Crippen LogP contribution in [0.25, 0.3) is 0 Å². The maximum atomic E-state index is 12.7. The second-order valence-electron chi connectivity index (χ2n) is 3.49. The van der Waals surface area contributed by atoms with Gasteiger partial charge in [0.1, 0.15) is 0 Å². The van der Waals surface area contributed by atoms with Crippen LogP contribution in [-0.4, -0.2) is 8.42 Å². The Morgan fingerprint density at radius 3 is 1.10 bits per heavy atom. The smallest absolute Gasteiger partial charge is 0.207 e. The molecule has 114 valence electrons. The number of rotatable bonds is 1. The zero-order valence-electron chi connectivity index (χ0n) is 9.96. The summed E-state index contributed by atoms with van der Waals surface area (Å²) in [6.07, 6.45) is 0. The van der Waals surface area contributed by atoms with Gasteiger partial charge < -0.3 is 0 Å². The standard InChI is InChI=1S/C6ClF5O2S.C6H6/c7-15(13,14)6-4(11)2(9)1(8)3(10)5(6)12;1-2-4-6-5-3-1/h;1-6H. The topological polar surface area (TPSA) is 34.1 Å². The van der Waals surface area contributed by atoms with E-state index in [1.54, 1.807) is 0 Å². The normalized spacial score (nSPS) is 10.8. The van der Waals surface area contributed by atoms with Gasteiger partial charge in [-0.1, -0.05) is 36.4 Å². The highest BCUT2D eigenvalue weighted by atomic mass is 35.7. The second kappa shape index (κ2) is 6.86. The van der Waals surface area contributed by atoms with Crippen LogP contribution in [0, 0.1) is 29.1 Å². The molecule has 0 bridgehead atoms. The second-order valence-corrected chi connectivity index (χ2v) is 5.99. The van der Waals surface area contributed by atoms with E-state index in [0.717, 1.165) is 0 Å². The summed E-state index contributed by atoms with van der Waals surface area (Å²) in [5, 5.41) is 0. The van der Waals surface area contributed by atoms with Crippen molar-refractivity contribution >= 4 is 19.7 Å². The van der Waals surface area contributed by atoms with Crippen LogP contribution in [0.4, 0.5) is 22.0 Å². The number of halogens is 6. The van der Waals surface area contributed by atoms with Crippen molar-refractivity contribution in [1.82, 2.24) is 0 Å². The molecule has 0 unspecified atom stereocenters. The van der Waals surface area contributed by atoms with Crippen LogP contribution >= 0.6 is 10.7 Å². The third-order valence-corrected chi connectivity index (χ3v) is 3.39. The summed E-state index contributed by atoms with van der Waals surface area (Å²) in [7, 11) is -0.549. The summed E-state index contributed by atoms with van der Waals surface area (Å²) >= 11 is 0. The molecular formula is C12H6ClF5O2S. The van der Waals surface area contributed by atoms with Crippen LogP contribution in [0.2, 0.25) is 0 Å². The fourth-order valence-electron chi connectivity index (χ4n) is 1.18. The van der Waals surface area contributed by atoms with E-state index in [0.29, 0.717) is 0 Å². The van der Waals surface area contributed by atoms with Crippen molar-refractivity contribution in [2.75, 3.05) is 0 Å². The van der Waals surface area contributed by atoms with Crippen LogP contribution in [0.3, 0.4) is 0 Å². The lowest BCUT2D eigenvalue weighted by molar-refractivity contribution is 0.358. The van der Waals surface area contributed by atoms with E-state index < -0.39 is 43.0 Å². The molecule has 0 aliphatic rings. The molecule has 0 saturated carbocycles. The molecule has 0 saturated heterocycles. The van der Waals surface area contributed by atoms with Crippen LogP contribution in [0.1, 0.15) is 0 Å². The first-order valence-corrected chi connectivity index (χ1v) is 7.45. The van der Waals surface area contributed by atoms with Crippen LogP contribution in [-0.2, 0) is 9.05 Å². The Balaban J connectivity index is 0.000000304. The Kier molecular flexibility index (Phi) is 5.68. The van der Waals surface area contributed by atoms with Gasteiger partial charge in [0.2, 0.25) is 5.82 Å². The van der Waals surface area contributed by atoms with E-state index >= 15 is 0 Å². The van der Waals surface area contributed by atoms with E-state index in [1.807, 2.05) is 36.4 Å². The van der Waals surface area contributed by atoms with E-state index in [-0.39, 0.29) is 0 Å². The van der Waals surface area contributed by atoms with Gasteiger partial charge in [-0.05, 0) is 0 Å². The number of hydrogen-bond acceptors (Lipinski definition) is 2. The van der Waals surface area contributed by atoms with Gasteiger partial charge in [-0.2, -0.15) is 0 Å². The summed E-state index contributed by atoms with van der Waals surface area (Å²) in [6.45, 7) is 0. The molecule has 0 aliphatic carbocycles. The minimum atomic E-state index is -5.05. The largest absolute Gasteiger partial charge is 0.267 e. The molecule has 0 aliphatic heterocycles.